The van der Waals surface area contributed by atoms with E-state index in [0.717, 1.165) is 5.56 Å². The Morgan fingerprint density at radius 1 is 1.23 bits per heavy atom. The number of nitrogens with one attached hydrogen (secondary N) is 1. The predicted molar refractivity (Wildman–Crippen MR) is 115 cm³/mol. The first-order valence-corrected chi connectivity index (χ1v) is 9.73. The van der Waals surface area contributed by atoms with Crippen LogP contribution in [-0.2, 0) is 23.2 Å². The molecule has 0 bridgehead atoms. The lowest BCUT2D eigenvalue weighted by molar-refractivity contribution is 0.0635. The number of aryl methyl sites for hydroxylation is 1. The number of rotatable bonds is 6. The lowest BCUT2D eigenvalue weighted by Crippen LogP contribution is -2.27. The summed E-state index contributed by atoms with van der Waals surface area (Å²) in [7, 11) is 1.71. The van der Waals surface area contributed by atoms with Gasteiger partial charge >= 0.3 is 6.09 Å². The highest BCUT2D eigenvalue weighted by Gasteiger charge is 2.17. The number of anilines is 1. The van der Waals surface area contributed by atoms with Crippen molar-refractivity contribution in [2.24, 2.45) is 12.2 Å². The van der Waals surface area contributed by atoms with Gasteiger partial charge in [-0.3, -0.25) is 5.32 Å². The smallest absolute Gasteiger partial charge is 0.413 e. The molecule has 3 rings (SSSR count). The Morgan fingerprint density at radius 2 is 1.97 bits per heavy atom. The van der Waals surface area contributed by atoms with E-state index in [1.807, 2.05) is 30.3 Å². The van der Waals surface area contributed by atoms with Gasteiger partial charge in [-0.2, -0.15) is 0 Å². The van der Waals surface area contributed by atoms with Crippen LogP contribution >= 0.6 is 11.6 Å². The van der Waals surface area contributed by atoms with Gasteiger partial charge in [0.2, 0.25) is 5.82 Å². The molecule has 0 fully saturated rings. The van der Waals surface area contributed by atoms with Gasteiger partial charge in [-0.05, 0) is 43.3 Å². The second-order valence-electron chi connectivity index (χ2n) is 7.49. The summed E-state index contributed by atoms with van der Waals surface area (Å²) < 4.78 is 6.72. The van der Waals surface area contributed by atoms with E-state index in [9.17, 15) is 4.79 Å². The van der Waals surface area contributed by atoms with Crippen molar-refractivity contribution in [2.45, 2.75) is 33.0 Å². The van der Waals surface area contributed by atoms with Crippen molar-refractivity contribution >= 4 is 29.2 Å². The van der Waals surface area contributed by atoms with Crippen LogP contribution in [0.3, 0.4) is 0 Å². The number of ether oxygens (including phenoxy) is 1. The molecule has 2 heterocycles. The number of aromatic nitrogens is 5. The number of carbonyl (C=O) groups is 1. The number of hydrogen-bond donors (Lipinski definition) is 1. The Morgan fingerprint density at radius 3 is 2.61 bits per heavy atom. The number of amides is 1. The van der Waals surface area contributed by atoms with E-state index in [1.165, 1.54) is 10.7 Å². The van der Waals surface area contributed by atoms with E-state index in [-0.39, 0.29) is 12.4 Å². The SMILES string of the molecule is Cn1nnnc1C(=NOCc1cc(Cl)cc(NC(=O)OC(C)(C)C)n1)c1ccccc1. The summed E-state index contributed by atoms with van der Waals surface area (Å²) in [6, 6.07) is 12.5. The fourth-order valence-corrected chi connectivity index (χ4v) is 2.74. The summed E-state index contributed by atoms with van der Waals surface area (Å²) in [5.74, 6) is 0.683. The van der Waals surface area contributed by atoms with Gasteiger partial charge in [0.1, 0.15) is 11.4 Å². The van der Waals surface area contributed by atoms with E-state index in [2.05, 4.69) is 31.0 Å². The summed E-state index contributed by atoms with van der Waals surface area (Å²) in [6.07, 6.45) is -0.631. The van der Waals surface area contributed by atoms with Gasteiger partial charge < -0.3 is 9.57 Å². The van der Waals surface area contributed by atoms with E-state index >= 15 is 0 Å². The van der Waals surface area contributed by atoms with Gasteiger partial charge in [0.05, 0.1) is 5.69 Å². The minimum Gasteiger partial charge on any atom is -0.444 e. The van der Waals surface area contributed by atoms with Crippen molar-refractivity contribution in [2.75, 3.05) is 5.32 Å². The van der Waals surface area contributed by atoms with Crippen LogP contribution in [0, 0.1) is 0 Å². The molecule has 10 nitrogen and oxygen atoms in total. The molecule has 0 radical (unpaired) electrons. The standard InChI is InChI=1S/C20H22ClN7O3/c1-20(2,3)31-19(29)23-16-11-14(21)10-15(22-16)12-30-25-17(13-8-6-5-7-9-13)18-24-26-27-28(18)4/h5-11H,12H2,1-4H3,(H,22,23,29). The third kappa shape index (κ3) is 6.48. The lowest BCUT2D eigenvalue weighted by Gasteiger charge is -2.19. The number of hydrogen-bond acceptors (Lipinski definition) is 8. The number of oxime groups is 1. The van der Waals surface area contributed by atoms with Gasteiger partial charge in [-0.1, -0.05) is 47.1 Å². The first-order chi connectivity index (χ1) is 14.7. The Bertz CT molecular complexity index is 1080. The van der Waals surface area contributed by atoms with Gasteiger partial charge in [-0.25, -0.2) is 14.5 Å². The van der Waals surface area contributed by atoms with Gasteiger partial charge in [0.15, 0.2) is 12.3 Å². The van der Waals surface area contributed by atoms with E-state index < -0.39 is 11.7 Å². The first-order valence-electron chi connectivity index (χ1n) is 9.36. The normalized spacial score (nSPS) is 11.8. The average Bonchev–Trinajstić information content (AvgIpc) is 3.09. The summed E-state index contributed by atoms with van der Waals surface area (Å²) in [6.45, 7) is 5.32. The molecule has 1 N–H and O–H groups in total. The molecule has 11 heteroatoms. The number of tetrazole rings is 1. The molecular weight excluding hydrogens is 422 g/mol. The highest BCUT2D eigenvalue weighted by molar-refractivity contribution is 6.30. The Hall–Kier alpha value is -3.53. The number of benzene rings is 1. The van der Waals surface area contributed by atoms with E-state index in [4.69, 9.17) is 21.2 Å². The maximum Gasteiger partial charge on any atom is 0.413 e. The van der Waals surface area contributed by atoms with Crippen molar-refractivity contribution in [3.8, 4) is 0 Å². The second-order valence-corrected chi connectivity index (χ2v) is 7.93. The molecule has 1 aromatic carbocycles. The van der Waals surface area contributed by atoms with Crippen LogP contribution < -0.4 is 5.32 Å². The van der Waals surface area contributed by atoms with Crippen molar-refractivity contribution in [3.05, 3.63) is 64.6 Å². The van der Waals surface area contributed by atoms with Crippen molar-refractivity contribution < 1.29 is 14.4 Å². The summed E-state index contributed by atoms with van der Waals surface area (Å²) in [5, 5.41) is 18.7. The quantitative estimate of drug-likeness (QED) is 0.457. The first kappa shape index (κ1) is 22.2. The third-order valence-corrected chi connectivity index (χ3v) is 3.94. The molecule has 1 amide bonds. The molecule has 0 unspecified atom stereocenters. The summed E-state index contributed by atoms with van der Waals surface area (Å²) in [5.41, 5.74) is 1.08. The van der Waals surface area contributed by atoms with Gasteiger partial charge in [0, 0.05) is 17.6 Å². The number of halogens is 1. The van der Waals surface area contributed by atoms with Crippen LogP contribution in [0.4, 0.5) is 10.6 Å². The lowest BCUT2D eigenvalue weighted by atomic mass is 10.1. The maximum absolute atomic E-state index is 12.0. The molecule has 3 aromatic rings. The van der Waals surface area contributed by atoms with Crippen LogP contribution in [0.1, 0.15) is 37.9 Å². The molecule has 162 valence electrons. The molecule has 0 aliphatic heterocycles. The average molecular weight is 444 g/mol. The fraction of sp³-hybridized carbons (Fsp3) is 0.300. The molecule has 0 atom stereocenters. The summed E-state index contributed by atoms with van der Waals surface area (Å²) in [4.78, 5) is 21.8. The van der Waals surface area contributed by atoms with Crippen LogP contribution in [0.2, 0.25) is 5.02 Å². The summed E-state index contributed by atoms with van der Waals surface area (Å²) >= 11 is 6.15. The third-order valence-electron chi connectivity index (χ3n) is 3.72. The Labute approximate surface area is 184 Å². The molecular formula is C20H22ClN7O3. The highest BCUT2D eigenvalue weighted by atomic mass is 35.5. The number of nitrogens with zero attached hydrogens (tertiary/aromatic N) is 6. The minimum atomic E-state index is -0.633. The van der Waals surface area contributed by atoms with Crippen LogP contribution in [0.5, 0.6) is 0 Å². The maximum atomic E-state index is 12.0. The topological polar surface area (TPSA) is 116 Å². The number of carbonyl (C=O) groups excluding carboxylic acids is 1. The molecule has 0 aliphatic carbocycles. The van der Waals surface area contributed by atoms with E-state index in [1.54, 1.807) is 33.9 Å². The molecule has 2 aromatic heterocycles. The van der Waals surface area contributed by atoms with Crippen molar-refractivity contribution in [3.63, 3.8) is 0 Å². The predicted octanol–water partition coefficient (Wildman–Crippen LogP) is 3.57. The molecule has 31 heavy (non-hydrogen) atoms. The zero-order valence-electron chi connectivity index (χ0n) is 17.5. The fourth-order valence-electron chi connectivity index (χ4n) is 2.51. The zero-order chi connectivity index (χ0) is 22.4. The second kappa shape index (κ2) is 9.52. The van der Waals surface area contributed by atoms with Crippen LogP contribution in [0.25, 0.3) is 0 Å². The molecule has 0 spiro atoms. The van der Waals surface area contributed by atoms with Gasteiger partial charge in [0.25, 0.3) is 0 Å². The van der Waals surface area contributed by atoms with Crippen molar-refractivity contribution in [1.29, 1.82) is 0 Å². The largest absolute Gasteiger partial charge is 0.444 e. The molecule has 0 aliphatic rings. The van der Waals surface area contributed by atoms with E-state index in [0.29, 0.717) is 22.3 Å². The highest BCUT2D eigenvalue weighted by Crippen LogP contribution is 2.18. The van der Waals surface area contributed by atoms with Crippen LogP contribution in [-0.4, -0.2) is 42.6 Å². The van der Waals surface area contributed by atoms with Crippen LogP contribution in [0.15, 0.2) is 47.6 Å². The Kier molecular flexibility index (Phi) is 6.81. The van der Waals surface area contributed by atoms with Crippen molar-refractivity contribution in [1.82, 2.24) is 25.2 Å². The molecule has 0 saturated carbocycles. The monoisotopic (exact) mass is 443 g/mol. The molecule has 0 saturated heterocycles. The Balaban J connectivity index is 1.76. The van der Waals surface area contributed by atoms with Gasteiger partial charge in [-0.15, -0.1) is 5.10 Å². The number of pyridine rings is 1. The minimum absolute atomic E-state index is 0.00513. The zero-order valence-corrected chi connectivity index (χ0v) is 18.3.